The first-order valence-electron chi connectivity index (χ1n) is 8.00. The standard InChI is InChI=1S/C18H27NO2/c1-14(2)13-18(17(20)21-3,15-9-5-4-6-10-15)19-16-11-7-8-12-16/h4-6,9-10,14,16,19H,7-8,11-13H2,1-3H3. The third kappa shape index (κ3) is 3.65. The summed E-state index contributed by atoms with van der Waals surface area (Å²) >= 11 is 0. The minimum atomic E-state index is -0.723. The molecule has 1 aliphatic carbocycles. The molecular formula is C18H27NO2. The molecule has 0 bridgehead atoms. The van der Waals surface area contributed by atoms with Gasteiger partial charge in [-0.05, 0) is 30.7 Å². The highest BCUT2D eigenvalue weighted by atomic mass is 16.5. The predicted molar refractivity (Wildman–Crippen MR) is 85.0 cm³/mol. The van der Waals surface area contributed by atoms with E-state index in [9.17, 15) is 4.79 Å². The Morgan fingerprint density at radius 2 is 1.90 bits per heavy atom. The summed E-state index contributed by atoms with van der Waals surface area (Å²) in [7, 11) is 1.48. The molecule has 116 valence electrons. The van der Waals surface area contributed by atoms with Gasteiger partial charge < -0.3 is 4.74 Å². The molecule has 3 nitrogen and oxygen atoms in total. The van der Waals surface area contributed by atoms with Gasteiger partial charge in [-0.2, -0.15) is 0 Å². The van der Waals surface area contributed by atoms with E-state index in [1.54, 1.807) is 0 Å². The molecule has 1 N–H and O–H groups in total. The molecule has 1 aromatic rings. The van der Waals surface area contributed by atoms with Crippen LogP contribution in [-0.2, 0) is 15.1 Å². The number of rotatable bonds is 6. The first kappa shape index (κ1) is 16.0. The van der Waals surface area contributed by atoms with Crippen LogP contribution in [0.4, 0.5) is 0 Å². The highest BCUT2D eigenvalue weighted by molar-refractivity contribution is 5.82. The molecular weight excluding hydrogens is 262 g/mol. The van der Waals surface area contributed by atoms with Gasteiger partial charge in [-0.3, -0.25) is 5.32 Å². The molecule has 3 heteroatoms. The van der Waals surface area contributed by atoms with Crippen molar-refractivity contribution >= 4 is 5.97 Å². The molecule has 0 aromatic heterocycles. The Kier molecular flexibility index (Phi) is 5.40. The van der Waals surface area contributed by atoms with Gasteiger partial charge in [-0.15, -0.1) is 0 Å². The average molecular weight is 289 g/mol. The highest BCUT2D eigenvalue weighted by Crippen LogP contribution is 2.33. The first-order chi connectivity index (χ1) is 10.1. The normalized spacial score (nSPS) is 18.7. The maximum Gasteiger partial charge on any atom is 0.330 e. The fourth-order valence-electron chi connectivity index (χ4n) is 3.45. The van der Waals surface area contributed by atoms with Crippen molar-refractivity contribution < 1.29 is 9.53 Å². The van der Waals surface area contributed by atoms with Gasteiger partial charge in [0.05, 0.1) is 7.11 Å². The lowest BCUT2D eigenvalue weighted by Gasteiger charge is -2.36. The van der Waals surface area contributed by atoms with Gasteiger partial charge in [0.1, 0.15) is 5.54 Å². The summed E-state index contributed by atoms with van der Waals surface area (Å²) in [5, 5.41) is 3.65. The van der Waals surface area contributed by atoms with Crippen molar-refractivity contribution in [2.75, 3.05) is 7.11 Å². The van der Waals surface area contributed by atoms with Crippen LogP contribution in [0, 0.1) is 5.92 Å². The largest absolute Gasteiger partial charge is 0.467 e. The van der Waals surface area contributed by atoms with Gasteiger partial charge in [-0.1, -0.05) is 57.0 Å². The molecule has 1 aromatic carbocycles. The van der Waals surface area contributed by atoms with E-state index in [2.05, 4.69) is 19.2 Å². The van der Waals surface area contributed by atoms with Crippen molar-refractivity contribution in [1.82, 2.24) is 5.32 Å². The second kappa shape index (κ2) is 7.08. The number of methoxy groups -OCH3 is 1. The zero-order valence-corrected chi connectivity index (χ0v) is 13.4. The quantitative estimate of drug-likeness (QED) is 0.813. The van der Waals surface area contributed by atoms with E-state index in [1.807, 2.05) is 30.3 Å². The van der Waals surface area contributed by atoms with Crippen molar-refractivity contribution in [3.8, 4) is 0 Å². The van der Waals surface area contributed by atoms with Crippen LogP contribution in [0.3, 0.4) is 0 Å². The zero-order chi connectivity index (χ0) is 15.3. The van der Waals surface area contributed by atoms with Crippen molar-refractivity contribution in [2.45, 2.75) is 57.5 Å². The van der Waals surface area contributed by atoms with Crippen molar-refractivity contribution in [3.05, 3.63) is 35.9 Å². The Morgan fingerprint density at radius 1 is 1.29 bits per heavy atom. The van der Waals surface area contributed by atoms with E-state index >= 15 is 0 Å². The smallest absolute Gasteiger partial charge is 0.330 e. The average Bonchev–Trinajstić information content (AvgIpc) is 2.99. The Hall–Kier alpha value is -1.35. The highest BCUT2D eigenvalue weighted by Gasteiger charge is 2.43. The SMILES string of the molecule is COC(=O)C(CC(C)C)(NC1CCCC1)c1ccccc1. The van der Waals surface area contributed by atoms with Crippen molar-refractivity contribution in [1.29, 1.82) is 0 Å². The third-order valence-electron chi connectivity index (χ3n) is 4.32. The molecule has 0 saturated heterocycles. The van der Waals surface area contributed by atoms with E-state index in [-0.39, 0.29) is 5.97 Å². The van der Waals surface area contributed by atoms with Crippen LogP contribution in [0.5, 0.6) is 0 Å². The number of esters is 1. The van der Waals surface area contributed by atoms with Crippen LogP contribution in [0.15, 0.2) is 30.3 Å². The molecule has 0 spiro atoms. The summed E-state index contributed by atoms with van der Waals surface area (Å²) in [4.78, 5) is 12.7. The minimum absolute atomic E-state index is 0.172. The summed E-state index contributed by atoms with van der Waals surface area (Å²) in [6.07, 6.45) is 5.52. The van der Waals surface area contributed by atoms with Crippen LogP contribution >= 0.6 is 0 Å². The topological polar surface area (TPSA) is 38.3 Å². The van der Waals surface area contributed by atoms with E-state index in [0.717, 1.165) is 24.8 Å². The molecule has 0 aliphatic heterocycles. The number of ether oxygens (including phenoxy) is 1. The monoisotopic (exact) mass is 289 g/mol. The number of hydrogen-bond donors (Lipinski definition) is 1. The van der Waals surface area contributed by atoms with E-state index in [0.29, 0.717) is 12.0 Å². The lowest BCUT2D eigenvalue weighted by atomic mass is 9.81. The fraction of sp³-hybridized carbons (Fsp3) is 0.611. The van der Waals surface area contributed by atoms with Gasteiger partial charge in [0.25, 0.3) is 0 Å². The molecule has 1 unspecified atom stereocenters. The molecule has 1 aliphatic rings. The Labute approximate surface area is 128 Å². The Bertz CT molecular complexity index is 452. The summed E-state index contributed by atoms with van der Waals surface area (Å²) in [6, 6.07) is 10.4. The fourth-order valence-corrected chi connectivity index (χ4v) is 3.45. The molecule has 0 amide bonds. The van der Waals surface area contributed by atoms with Gasteiger partial charge in [0, 0.05) is 6.04 Å². The van der Waals surface area contributed by atoms with Crippen LogP contribution in [0.1, 0.15) is 51.5 Å². The molecule has 21 heavy (non-hydrogen) atoms. The molecule has 2 rings (SSSR count). The van der Waals surface area contributed by atoms with Crippen LogP contribution in [0.25, 0.3) is 0 Å². The van der Waals surface area contributed by atoms with E-state index in [1.165, 1.54) is 20.0 Å². The number of hydrogen-bond acceptors (Lipinski definition) is 3. The number of nitrogens with one attached hydrogen (secondary N) is 1. The van der Waals surface area contributed by atoms with Crippen LogP contribution in [0.2, 0.25) is 0 Å². The summed E-state index contributed by atoms with van der Waals surface area (Å²) in [6.45, 7) is 4.30. The molecule has 0 heterocycles. The summed E-state index contributed by atoms with van der Waals surface area (Å²) in [5.41, 5.74) is 0.288. The van der Waals surface area contributed by atoms with Crippen molar-refractivity contribution in [2.24, 2.45) is 5.92 Å². The van der Waals surface area contributed by atoms with Gasteiger partial charge >= 0.3 is 5.97 Å². The predicted octanol–water partition coefficient (Wildman–Crippen LogP) is 3.63. The summed E-state index contributed by atoms with van der Waals surface area (Å²) < 4.78 is 5.18. The number of carbonyl (C=O) groups is 1. The van der Waals surface area contributed by atoms with E-state index in [4.69, 9.17) is 4.74 Å². The third-order valence-corrected chi connectivity index (χ3v) is 4.32. The molecule has 1 fully saturated rings. The Balaban J connectivity index is 2.39. The second-order valence-corrected chi connectivity index (χ2v) is 6.49. The maximum absolute atomic E-state index is 12.7. The van der Waals surface area contributed by atoms with Gasteiger partial charge in [0.2, 0.25) is 0 Å². The maximum atomic E-state index is 12.7. The van der Waals surface area contributed by atoms with Crippen LogP contribution in [-0.4, -0.2) is 19.1 Å². The molecule has 0 radical (unpaired) electrons. The van der Waals surface area contributed by atoms with Crippen LogP contribution < -0.4 is 5.32 Å². The molecule has 1 saturated carbocycles. The minimum Gasteiger partial charge on any atom is -0.467 e. The molecule has 1 atom stereocenters. The number of benzene rings is 1. The zero-order valence-electron chi connectivity index (χ0n) is 13.4. The second-order valence-electron chi connectivity index (χ2n) is 6.49. The lowest BCUT2D eigenvalue weighted by molar-refractivity contribution is -0.150. The first-order valence-corrected chi connectivity index (χ1v) is 8.00. The van der Waals surface area contributed by atoms with Gasteiger partial charge in [0.15, 0.2) is 0 Å². The van der Waals surface area contributed by atoms with Gasteiger partial charge in [-0.25, -0.2) is 4.79 Å². The Morgan fingerprint density at radius 3 is 2.43 bits per heavy atom. The number of carbonyl (C=O) groups excluding carboxylic acids is 1. The lowest BCUT2D eigenvalue weighted by Crippen LogP contribution is -2.54. The van der Waals surface area contributed by atoms with E-state index < -0.39 is 5.54 Å². The van der Waals surface area contributed by atoms with Crippen molar-refractivity contribution in [3.63, 3.8) is 0 Å². The summed E-state index contributed by atoms with van der Waals surface area (Å²) in [5.74, 6) is 0.229.